The number of nitrogens with zero attached hydrogens (tertiary/aromatic N) is 2. The molecule has 0 aromatic heterocycles. The Balaban J connectivity index is 1.23. The zero-order valence-electron chi connectivity index (χ0n) is 29.9. The van der Waals surface area contributed by atoms with Gasteiger partial charge in [-0.15, -0.1) is 0 Å². The van der Waals surface area contributed by atoms with Crippen molar-refractivity contribution in [1.82, 2.24) is 9.80 Å². The molecule has 0 radical (unpaired) electrons. The SMILES string of the molecule is CO[C@@H]1[C@@H]2O[C@H]3C[C@@H]4CCN(C)[C@@H](CC5CCC(CC5)O[C@H]5C[C@H](CC[C@H]5OC)C[C@H]5[C@H]2[C@@H](CCN5C)C[C@H]1OC)[C@H]4C[C@H]3OC. The summed E-state index contributed by atoms with van der Waals surface area (Å²) in [6.45, 7) is 2.34. The van der Waals surface area contributed by atoms with E-state index in [2.05, 4.69) is 23.9 Å². The molecule has 6 heterocycles. The Morgan fingerprint density at radius 3 is 1.89 bits per heavy atom. The van der Waals surface area contributed by atoms with Gasteiger partial charge in [0.25, 0.3) is 0 Å². The van der Waals surface area contributed by atoms with Crippen molar-refractivity contribution in [3.05, 3.63) is 0 Å². The van der Waals surface area contributed by atoms with Crippen LogP contribution in [0.3, 0.4) is 0 Å². The van der Waals surface area contributed by atoms with E-state index in [-0.39, 0.29) is 42.7 Å². The van der Waals surface area contributed by atoms with Crippen molar-refractivity contribution in [3.8, 4) is 0 Å². The lowest BCUT2D eigenvalue weighted by Gasteiger charge is -2.56. The first-order valence-electron chi connectivity index (χ1n) is 19.2. The van der Waals surface area contributed by atoms with Crippen molar-refractivity contribution in [1.29, 1.82) is 0 Å². The number of methoxy groups -OCH3 is 4. The highest BCUT2D eigenvalue weighted by atomic mass is 16.6. The highest BCUT2D eigenvalue weighted by molar-refractivity contribution is 5.05. The van der Waals surface area contributed by atoms with Crippen molar-refractivity contribution < 1.29 is 28.4 Å². The molecule has 0 aromatic carbocycles. The fourth-order valence-electron chi connectivity index (χ4n) is 12.1. The molecule has 10 aliphatic rings. The van der Waals surface area contributed by atoms with E-state index in [0.717, 1.165) is 44.6 Å². The molecule has 6 aliphatic heterocycles. The maximum Gasteiger partial charge on any atom is 0.110 e. The number of likely N-dealkylation sites (tertiary alicyclic amines) is 2. The average Bonchev–Trinajstić information content (AvgIpc) is 3.07. The minimum absolute atomic E-state index is 0.00278. The van der Waals surface area contributed by atoms with Gasteiger partial charge in [-0.05, 0) is 147 Å². The Labute approximate surface area is 279 Å². The standard InChI is InChI=1S/C38H66N2O6/c1-39-15-13-25-20-34-32(42-4)22-28(25)29(39)17-23-7-10-27(11-8-23)45-33-19-24(9-12-31(33)41-3)18-30-36-26(14-16-40(30)2)21-35(43-5)37(44-6)38(36)46-34/h23-38H,7-22H2,1-6H3/t23?,24-,25+,26+,27?,28+,29+,30+,31-,32-,33+,34+,35-,36-,37+,38-/m1/s1. The largest absolute Gasteiger partial charge is 0.379 e. The maximum atomic E-state index is 7.52. The summed E-state index contributed by atoms with van der Waals surface area (Å²) in [5, 5.41) is 0. The highest BCUT2D eigenvalue weighted by Crippen LogP contribution is 2.50. The van der Waals surface area contributed by atoms with Gasteiger partial charge in [0.1, 0.15) is 6.10 Å². The van der Waals surface area contributed by atoms with E-state index in [0.29, 0.717) is 47.8 Å². The van der Waals surface area contributed by atoms with E-state index in [9.17, 15) is 0 Å². The summed E-state index contributed by atoms with van der Waals surface area (Å²) in [4.78, 5) is 5.37. The molecular weight excluding hydrogens is 580 g/mol. The zero-order chi connectivity index (χ0) is 31.9. The van der Waals surface area contributed by atoms with Crippen molar-refractivity contribution in [2.24, 2.45) is 35.5 Å². The third-order valence-corrected chi connectivity index (χ3v) is 14.6. The lowest BCUT2D eigenvalue weighted by atomic mass is 9.64. The van der Waals surface area contributed by atoms with E-state index in [4.69, 9.17) is 28.4 Å². The molecule has 0 spiro atoms. The third kappa shape index (κ3) is 6.74. The number of hydrogen-bond donors (Lipinski definition) is 0. The van der Waals surface area contributed by atoms with Crippen LogP contribution in [0, 0.1) is 35.5 Å². The molecule has 4 aliphatic carbocycles. The molecule has 0 aromatic rings. The Morgan fingerprint density at radius 1 is 0.522 bits per heavy atom. The molecule has 10 rings (SSSR count). The zero-order valence-corrected chi connectivity index (χ0v) is 29.9. The molecule has 4 saturated carbocycles. The lowest BCUT2D eigenvalue weighted by Crippen LogP contribution is -2.63. The first-order chi connectivity index (χ1) is 22.4. The van der Waals surface area contributed by atoms with Gasteiger partial charge in [-0.2, -0.15) is 0 Å². The van der Waals surface area contributed by atoms with Crippen LogP contribution in [0.15, 0.2) is 0 Å². The Hall–Kier alpha value is -0.320. The lowest BCUT2D eigenvalue weighted by molar-refractivity contribution is -0.234. The molecule has 0 N–H and O–H groups in total. The van der Waals surface area contributed by atoms with Crippen molar-refractivity contribution >= 4 is 0 Å². The van der Waals surface area contributed by atoms with Gasteiger partial charge in [0.05, 0.1) is 42.7 Å². The highest BCUT2D eigenvalue weighted by Gasteiger charge is 2.54. The first kappa shape index (κ1) is 34.1. The predicted molar refractivity (Wildman–Crippen MR) is 179 cm³/mol. The van der Waals surface area contributed by atoms with E-state index in [1.54, 1.807) is 0 Å². The monoisotopic (exact) mass is 646 g/mol. The Kier molecular flexibility index (Phi) is 11.0. The summed E-state index contributed by atoms with van der Waals surface area (Å²) >= 11 is 0. The minimum Gasteiger partial charge on any atom is -0.379 e. The molecule has 14 atom stereocenters. The molecule has 264 valence electrons. The summed E-state index contributed by atoms with van der Waals surface area (Å²) in [6, 6.07) is 1.10. The Bertz CT molecular complexity index is 979. The van der Waals surface area contributed by atoms with E-state index in [1.165, 1.54) is 64.3 Å². The molecule has 8 bridgehead atoms. The summed E-state index contributed by atoms with van der Waals surface area (Å²) in [5.41, 5.74) is 0. The van der Waals surface area contributed by atoms with Gasteiger partial charge in [-0.3, -0.25) is 0 Å². The minimum atomic E-state index is -0.0641. The normalized spacial score (nSPS) is 50.7. The predicted octanol–water partition coefficient (Wildman–Crippen LogP) is 5.41. The van der Waals surface area contributed by atoms with Gasteiger partial charge in [0.15, 0.2) is 0 Å². The van der Waals surface area contributed by atoms with Crippen LogP contribution in [0.1, 0.15) is 89.9 Å². The fraction of sp³-hybridized carbons (Fsp3) is 1.00. The maximum absolute atomic E-state index is 7.52. The van der Waals surface area contributed by atoms with Gasteiger partial charge in [-0.25, -0.2) is 0 Å². The summed E-state index contributed by atoms with van der Waals surface area (Å²) < 4.78 is 39.6. The van der Waals surface area contributed by atoms with Crippen LogP contribution in [0.2, 0.25) is 0 Å². The van der Waals surface area contributed by atoms with Crippen LogP contribution in [-0.4, -0.2) is 126 Å². The number of piperidine rings is 2. The van der Waals surface area contributed by atoms with Crippen LogP contribution in [0.4, 0.5) is 0 Å². The molecule has 10 fully saturated rings. The third-order valence-electron chi connectivity index (χ3n) is 14.6. The topological polar surface area (TPSA) is 61.9 Å². The molecule has 6 saturated heterocycles. The van der Waals surface area contributed by atoms with Crippen molar-refractivity contribution in [2.45, 2.75) is 151 Å². The smallest absolute Gasteiger partial charge is 0.110 e. The second-order valence-electron chi connectivity index (χ2n) is 16.8. The molecule has 8 heteroatoms. The van der Waals surface area contributed by atoms with Crippen LogP contribution < -0.4 is 0 Å². The number of rotatable bonds is 4. The van der Waals surface area contributed by atoms with Crippen molar-refractivity contribution in [2.75, 3.05) is 55.6 Å². The van der Waals surface area contributed by atoms with Gasteiger partial charge in [0.2, 0.25) is 0 Å². The second kappa shape index (κ2) is 14.9. The van der Waals surface area contributed by atoms with Crippen LogP contribution >= 0.6 is 0 Å². The van der Waals surface area contributed by atoms with Gasteiger partial charge in [0, 0.05) is 46.4 Å². The molecule has 0 amide bonds. The summed E-state index contributed by atoms with van der Waals surface area (Å²) in [6.07, 6.45) is 17.8. The summed E-state index contributed by atoms with van der Waals surface area (Å²) in [5.74, 6) is 3.82. The number of hydrogen-bond acceptors (Lipinski definition) is 8. The average molecular weight is 647 g/mol. The second-order valence-corrected chi connectivity index (χ2v) is 16.8. The quantitative estimate of drug-likeness (QED) is 0.402. The van der Waals surface area contributed by atoms with E-state index < -0.39 is 0 Å². The van der Waals surface area contributed by atoms with Gasteiger partial charge in [-0.1, -0.05) is 0 Å². The van der Waals surface area contributed by atoms with Gasteiger partial charge < -0.3 is 38.2 Å². The fourth-order valence-corrected chi connectivity index (χ4v) is 12.1. The number of ether oxygens (including phenoxy) is 6. The molecular formula is C38H66N2O6. The van der Waals surface area contributed by atoms with Crippen LogP contribution in [-0.2, 0) is 28.4 Å². The van der Waals surface area contributed by atoms with Gasteiger partial charge >= 0.3 is 0 Å². The summed E-state index contributed by atoms with van der Waals surface area (Å²) in [7, 11) is 12.3. The molecule has 46 heavy (non-hydrogen) atoms. The first-order valence-corrected chi connectivity index (χ1v) is 19.2. The molecule has 8 nitrogen and oxygen atoms in total. The van der Waals surface area contributed by atoms with Crippen LogP contribution in [0.25, 0.3) is 0 Å². The van der Waals surface area contributed by atoms with E-state index >= 15 is 0 Å². The molecule has 0 unspecified atom stereocenters. The van der Waals surface area contributed by atoms with Crippen molar-refractivity contribution in [3.63, 3.8) is 0 Å². The van der Waals surface area contributed by atoms with Crippen LogP contribution in [0.5, 0.6) is 0 Å². The Morgan fingerprint density at radius 2 is 1.17 bits per heavy atom. The van der Waals surface area contributed by atoms with E-state index in [1.807, 2.05) is 28.4 Å².